The number of carbonyl (C=O) groups is 1. The SMILES string of the molecule is CCC(Oc1ccc2c(c1[N+](=O)[O-])CCC2)C(=O)O. The van der Waals surface area contributed by atoms with Gasteiger partial charge in [0.2, 0.25) is 0 Å². The van der Waals surface area contributed by atoms with E-state index in [1.54, 1.807) is 13.0 Å². The summed E-state index contributed by atoms with van der Waals surface area (Å²) in [5.74, 6) is -1.06. The van der Waals surface area contributed by atoms with Crippen LogP contribution in [0.15, 0.2) is 12.1 Å². The van der Waals surface area contributed by atoms with E-state index >= 15 is 0 Å². The van der Waals surface area contributed by atoms with Crippen molar-refractivity contribution in [2.24, 2.45) is 0 Å². The van der Waals surface area contributed by atoms with Crippen LogP contribution in [0, 0.1) is 10.1 Å². The fourth-order valence-electron chi connectivity index (χ4n) is 2.38. The monoisotopic (exact) mass is 265 g/mol. The van der Waals surface area contributed by atoms with E-state index in [2.05, 4.69) is 0 Å². The van der Waals surface area contributed by atoms with E-state index in [0.717, 1.165) is 18.4 Å². The summed E-state index contributed by atoms with van der Waals surface area (Å²) in [6.07, 6.45) is 1.55. The predicted molar refractivity (Wildman–Crippen MR) is 67.5 cm³/mol. The molecule has 1 N–H and O–H groups in total. The molecule has 0 spiro atoms. The van der Waals surface area contributed by atoms with E-state index in [9.17, 15) is 14.9 Å². The molecule has 0 radical (unpaired) electrons. The Morgan fingerprint density at radius 1 is 1.53 bits per heavy atom. The number of aryl methyl sites for hydroxylation is 1. The average Bonchev–Trinajstić information content (AvgIpc) is 2.82. The van der Waals surface area contributed by atoms with Gasteiger partial charge in [-0.1, -0.05) is 13.0 Å². The fourth-order valence-corrected chi connectivity index (χ4v) is 2.38. The summed E-state index contributed by atoms with van der Waals surface area (Å²) in [6, 6.07) is 3.30. The molecule has 2 rings (SSSR count). The Kier molecular flexibility index (Phi) is 3.69. The highest BCUT2D eigenvalue weighted by Crippen LogP contribution is 2.38. The second-order valence-corrected chi connectivity index (χ2v) is 4.51. The maximum atomic E-state index is 11.2. The van der Waals surface area contributed by atoms with E-state index in [1.165, 1.54) is 6.07 Å². The molecule has 0 aromatic heterocycles. The number of hydrogen-bond acceptors (Lipinski definition) is 4. The van der Waals surface area contributed by atoms with Crippen molar-refractivity contribution in [2.45, 2.75) is 38.7 Å². The molecule has 0 aliphatic heterocycles. The van der Waals surface area contributed by atoms with E-state index in [4.69, 9.17) is 9.84 Å². The van der Waals surface area contributed by atoms with Gasteiger partial charge in [-0.25, -0.2) is 4.79 Å². The number of nitro groups is 1. The molecule has 1 aromatic rings. The van der Waals surface area contributed by atoms with Gasteiger partial charge in [-0.2, -0.15) is 0 Å². The number of carboxylic acid groups (broad SMARTS) is 1. The van der Waals surface area contributed by atoms with Gasteiger partial charge in [0.1, 0.15) is 0 Å². The van der Waals surface area contributed by atoms with Crippen molar-refractivity contribution in [1.29, 1.82) is 0 Å². The second kappa shape index (κ2) is 5.26. The highest BCUT2D eigenvalue weighted by Gasteiger charge is 2.29. The van der Waals surface area contributed by atoms with Crippen molar-refractivity contribution >= 4 is 11.7 Å². The Labute approximate surface area is 110 Å². The number of rotatable bonds is 5. The van der Waals surface area contributed by atoms with Crippen LogP contribution in [0.2, 0.25) is 0 Å². The quantitative estimate of drug-likeness (QED) is 0.651. The molecule has 1 atom stereocenters. The van der Waals surface area contributed by atoms with Crippen LogP contribution >= 0.6 is 0 Å². The maximum absolute atomic E-state index is 11.2. The highest BCUT2D eigenvalue weighted by molar-refractivity contribution is 5.73. The summed E-state index contributed by atoms with van der Waals surface area (Å²) in [5.41, 5.74) is 1.57. The predicted octanol–water partition coefficient (Wildman–Crippen LogP) is 2.33. The van der Waals surface area contributed by atoms with Gasteiger partial charge in [0.05, 0.1) is 4.92 Å². The molecule has 102 valence electrons. The van der Waals surface area contributed by atoms with Crippen LogP contribution in [0.4, 0.5) is 5.69 Å². The van der Waals surface area contributed by atoms with Crippen molar-refractivity contribution in [3.8, 4) is 5.75 Å². The zero-order valence-corrected chi connectivity index (χ0v) is 10.6. The van der Waals surface area contributed by atoms with Crippen molar-refractivity contribution in [2.75, 3.05) is 0 Å². The van der Waals surface area contributed by atoms with Crippen LogP contribution in [0.5, 0.6) is 5.75 Å². The number of benzene rings is 1. The molecule has 0 bridgehead atoms. The lowest BCUT2D eigenvalue weighted by Crippen LogP contribution is -2.26. The van der Waals surface area contributed by atoms with Crippen LogP contribution in [0.25, 0.3) is 0 Å². The standard InChI is InChI=1S/C13H15NO5/c1-2-10(13(15)16)19-11-7-6-8-4-3-5-9(8)12(11)14(17)18/h6-7,10H,2-5H2,1H3,(H,15,16). The van der Waals surface area contributed by atoms with E-state index in [-0.39, 0.29) is 17.9 Å². The Balaban J connectivity index is 2.40. The van der Waals surface area contributed by atoms with Crippen LogP contribution in [0.3, 0.4) is 0 Å². The summed E-state index contributed by atoms with van der Waals surface area (Å²) in [7, 11) is 0. The molecule has 19 heavy (non-hydrogen) atoms. The highest BCUT2D eigenvalue weighted by atomic mass is 16.6. The topological polar surface area (TPSA) is 89.7 Å². The summed E-state index contributed by atoms with van der Waals surface area (Å²) in [6.45, 7) is 1.66. The molecule has 0 saturated heterocycles. The minimum absolute atomic E-state index is 0.0555. The summed E-state index contributed by atoms with van der Waals surface area (Å²) >= 11 is 0. The van der Waals surface area contributed by atoms with Crippen LogP contribution in [-0.4, -0.2) is 22.1 Å². The summed E-state index contributed by atoms with van der Waals surface area (Å²) in [4.78, 5) is 21.7. The van der Waals surface area contributed by atoms with Crippen LogP contribution in [-0.2, 0) is 17.6 Å². The fraction of sp³-hybridized carbons (Fsp3) is 0.462. The summed E-state index contributed by atoms with van der Waals surface area (Å²) < 4.78 is 5.30. The molecule has 1 aromatic carbocycles. The Morgan fingerprint density at radius 2 is 2.26 bits per heavy atom. The first-order valence-corrected chi connectivity index (χ1v) is 6.23. The first kappa shape index (κ1) is 13.3. The lowest BCUT2D eigenvalue weighted by atomic mass is 10.1. The Bertz CT molecular complexity index is 526. The van der Waals surface area contributed by atoms with Crippen molar-refractivity contribution in [3.63, 3.8) is 0 Å². The zero-order chi connectivity index (χ0) is 14.0. The average molecular weight is 265 g/mol. The zero-order valence-electron chi connectivity index (χ0n) is 10.6. The number of carboxylic acids is 1. The van der Waals surface area contributed by atoms with Gasteiger partial charge in [0.25, 0.3) is 0 Å². The van der Waals surface area contributed by atoms with Gasteiger partial charge in [-0.15, -0.1) is 0 Å². The van der Waals surface area contributed by atoms with Gasteiger partial charge in [0, 0.05) is 5.56 Å². The number of nitro benzene ring substituents is 1. The van der Waals surface area contributed by atoms with Gasteiger partial charge in [-0.05, 0) is 37.3 Å². The third kappa shape index (κ3) is 2.52. The number of ether oxygens (including phenoxy) is 1. The van der Waals surface area contributed by atoms with Gasteiger partial charge in [0.15, 0.2) is 11.9 Å². The second-order valence-electron chi connectivity index (χ2n) is 4.51. The number of aliphatic carboxylic acids is 1. The Morgan fingerprint density at radius 3 is 2.84 bits per heavy atom. The molecule has 0 amide bonds. The molecule has 6 heteroatoms. The van der Waals surface area contributed by atoms with Crippen molar-refractivity contribution < 1.29 is 19.6 Å². The molecular weight excluding hydrogens is 250 g/mol. The molecule has 0 heterocycles. The molecule has 0 fully saturated rings. The van der Waals surface area contributed by atoms with E-state index < -0.39 is 17.0 Å². The number of hydrogen-bond donors (Lipinski definition) is 1. The normalized spacial score (nSPS) is 14.8. The summed E-state index contributed by atoms with van der Waals surface area (Å²) in [5, 5.41) is 20.2. The molecule has 1 unspecified atom stereocenters. The van der Waals surface area contributed by atoms with Gasteiger partial charge >= 0.3 is 11.7 Å². The lowest BCUT2D eigenvalue weighted by Gasteiger charge is -2.14. The number of nitrogens with zero attached hydrogens (tertiary/aromatic N) is 1. The molecule has 6 nitrogen and oxygen atoms in total. The van der Waals surface area contributed by atoms with E-state index in [0.29, 0.717) is 12.0 Å². The third-order valence-electron chi connectivity index (χ3n) is 3.31. The smallest absolute Gasteiger partial charge is 0.344 e. The number of fused-ring (bicyclic) bond motifs is 1. The van der Waals surface area contributed by atoms with Crippen LogP contribution < -0.4 is 4.74 Å². The largest absolute Gasteiger partial charge is 0.479 e. The van der Waals surface area contributed by atoms with E-state index in [1.807, 2.05) is 0 Å². The minimum atomic E-state index is -1.11. The first-order valence-electron chi connectivity index (χ1n) is 6.23. The third-order valence-corrected chi connectivity index (χ3v) is 3.31. The van der Waals surface area contributed by atoms with Gasteiger partial charge < -0.3 is 9.84 Å². The van der Waals surface area contributed by atoms with Gasteiger partial charge in [-0.3, -0.25) is 10.1 Å². The van der Waals surface area contributed by atoms with Crippen molar-refractivity contribution in [1.82, 2.24) is 0 Å². The Hall–Kier alpha value is -2.11. The minimum Gasteiger partial charge on any atom is -0.479 e. The molecule has 0 saturated carbocycles. The maximum Gasteiger partial charge on any atom is 0.344 e. The van der Waals surface area contributed by atoms with Crippen molar-refractivity contribution in [3.05, 3.63) is 33.4 Å². The first-order chi connectivity index (χ1) is 9.04. The molecule has 1 aliphatic carbocycles. The van der Waals surface area contributed by atoms with Crippen LogP contribution in [0.1, 0.15) is 30.9 Å². The lowest BCUT2D eigenvalue weighted by molar-refractivity contribution is -0.386. The molecule has 1 aliphatic rings. The molecular formula is C13H15NO5.